The molecule has 0 bridgehead atoms. The van der Waals surface area contributed by atoms with E-state index in [1.807, 2.05) is 6.20 Å². The summed E-state index contributed by atoms with van der Waals surface area (Å²) in [6.07, 6.45) is 7.22. The molecule has 0 radical (unpaired) electrons. The third kappa shape index (κ3) is 3.74. The van der Waals surface area contributed by atoms with Gasteiger partial charge in [0.1, 0.15) is 0 Å². The van der Waals surface area contributed by atoms with E-state index in [-0.39, 0.29) is 0 Å². The Balaban J connectivity index is 1.57. The number of aromatic nitrogens is 1. The highest BCUT2D eigenvalue weighted by Crippen LogP contribution is 2.25. The van der Waals surface area contributed by atoms with Crippen LogP contribution in [0, 0.1) is 0 Å². The van der Waals surface area contributed by atoms with Gasteiger partial charge in [-0.3, -0.25) is 9.88 Å². The standard InChI is InChI=1S/C17H28N4/c1-2-7-18-13-15-12-16(5-8-19-15)21-11-6-17(14-21)20-9-3-4-10-20/h5,8,12,17-18H,2-4,6-7,9-11,13-14H2,1H3. The van der Waals surface area contributed by atoms with Crippen molar-refractivity contribution in [1.29, 1.82) is 0 Å². The van der Waals surface area contributed by atoms with Gasteiger partial charge in [0.15, 0.2) is 0 Å². The van der Waals surface area contributed by atoms with Gasteiger partial charge in [0, 0.05) is 37.6 Å². The molecular weight excluding hydrogens is 260 g/mol. The van der Waals surface area contributed by atoms with Gasteiger partial charge in [-0.2, -0.15) is 0 Å². The lowest BCUT2D eigenvalue weighted by molar-refractivity contribution is 0.260. The summed E-state index contributed by atoms with van der Waals surface area (Å²) in [5.41, 5.74) is 2.51. The van der Waals surface area contributed by atoms with Crippen molar-refractivity contribution in [2.24, 2.45) is 0 Å². The predicted octanol–water partition coefficient (Wildman–Crippen LogP) is 2.26. The smallest absolute Gasteiger partial charge is 0.0562 e. The van der Waals surface area contributed by atoms with E-state index in [4.69, 9.17) is 0 Å². The maximum absolute atomic E-state index is 4.48. The second-order valence-electron chi connectivity index (χ2n) is 6.31. The Labute approximate surface area is 128 Å². The normalized spacial score (nSPS) is 23.1. The third-order valence-electron chi connectivity index (χ3n) is 4.72. The van der Waals surface area contributed by atoms with Crippen LogP contribution in [-0.4, -0.2) is 48.6 Å². The quantitative estimate of drug-likeness (QED) is 0.814. The lowest BCUT2D eigenvalue weighted by atomic mass is 10.2. The molecule has 21 heavy (non-hydrogen) atoms. The number of hydrogen-bond donors (Lipinski definition) is 1. The number of nitrogens with zero attached hydrogens (tertiary/aromatic N) is 3. The Morgan fingerprint density at radius 2 is 2.14 bits per heavy atom. The van der Waals surface area contributed by atoms with E-state index in [1.165, 1.54) is 57.5 Å². The van der Waals surface area contributed by atoms with E-state index in [1.54, 1.807) is 0 Å². The number of pyridine rings is 1. The maximum Gasteiger partial charge on any atom is 0.0562 e. The minimum absolute atomic E-state index is 0.766. The molecule has 0 spiro atoms. The lowest BCUT2D eigenvalue weighted by Gasteiger charge is -2.24. The first-order valence-electron chi connectivity index (χ1n) is 8.51. The van der Waals surface area contributed by atoms with E-state index >= 15 is 0 Å². The first-order chi connectivity index (χ1) is 10.4. The van der Waals surface area contributed by atoms with Crippen LogP contribution in [0.15, 0.2) is 18.3 Å². The molecule has 4 heteroatoms. The second kappa shape index (κ2) is 7.23. The van der Waals surface area contributed by atoms with Gasteiger partial charge < -0.3 is 10.2 Å². The zero-order chi connectivity index (χ0) is 14.5. The molecule has 1 aromatic rings. The molecule has 0 aromatic carbocycles. The van der Waals surface area contributed by atoms with Crippen LogP contribution in [0.2, 0.25) is 0 Å². The van der Waals surface area contributed by atoms with Crippen molar-refractivity contribution in [3.8, 4) is 0 Å². The predicted molar refractivity (Wildman–Crippen MR) is 87.7 cm³/mol. The summed E-state index contributed by atoms with van der Waals surface area (Å²) < 4.78 is 0. The molecule has 3 rings (SSSR count). The van der Waals surface area contributed by atoms with Crippen molar-refractivity contribution in [3.05, 3.63) is 24.0 Å². The van der Waals surface area contributed by atoms with Crippen LogP contribution >= 0.6 is 0 Å². The van der Waals surface area contributed by atoms with Gasteiger partial charge in [-0.25, -0.2) is 0 Å². The number of hydrogen-bond acceptors (Lipinski definition) is 4. The Morgan fingerprint density at radius 1 is 1.29 bits per heavy atom. The average Bonchev–Trinajstić information content (AvgIpc) is 3.19. The minimum Gasteiger partial charge on any atom is -0.370 e. The van der Waals surface area contributed by atoms with Crippen molar-refractivity contribution in [2.45, 2.75) is 45.2 Å². The molecule has 116 valence electrons. The summed E-state index contributed by atoms with van der Waals surface area (Å²) in [5.74, 6) is 0. The Kier molecular flexibility index (Phi) is 5.09. The van der Waals surface area contributed by atoms with Crippen LogP contribution in [0.3, 0.4) is 0 Å². The Hall–Kier alpha value is -1.13. The maximum atomic E-state index is 4.48. The fourth-order valence-electron chi connectivity index (χ4n) is 3.53. The number of likely N-dealkylation sites (tertiary alicyclic amines) is 1. The molecule has 3 heterocycles. The SMILES string of the molecule is CCCNCc1cc(N2CCC(N3CCCC3)C2)ccn1. The van der Waals surface area contributed by atoms with Crippen LogP contribution < -0.4 is 10.2 Å². The molecule has 1 aromatic heterocycles. The zero-order valence-corrected chi connectivity index (χ0v) is 13.2. The number of anilines is 1. The van der Waals surface area contributed by atoms with Crippen LogP contribution in [0.4, 0.5) is 5.69 Å². The average molecular weight is 288 g/mol. The highest BCUT2D eigenvalue weighted by molar-refractivity contribution is 5.47. The Morgan fingerprint density at radius 3 is 2.95 bits per heavy atom. The fraction of sp³-hybridized carbons (Fsp3) is 0.706. The van der Waals surface area contributed by atoms with Gasteiger partial charge in [0.05, 0.1) is 5.69 Å². The molecular formula is C17H28N4. The molecule has 0 amide bonds. The van der Waals surface area contributed by atoms with Crippen molar-refractivity contribution < 1.29 is 0 Å². The minimum atomic E-state index is 0.766. The molecule has 1 N–H and O–H groups in total. The summed E-state index contributed by atoms with van der Waals surface area (Å²) in [7, 11) is 0. The molecule has 2 fully saturated rings. The lowest BCUT2D eigenvalue weighted by Crippen LogP contribution is -2.35. The van der Waals surface area contributed by atoms with E-state index in [0.717, 1.165) is 24.8 Å². The largest absolute Gasteiger partial charge is 0.370 e. The van der Waals surface area contributed by atoms with Crippen molar-refractivity contribution in [3.63, 3.8) is 0 Å². The highest BCUT2D eigenvalue weighted by atomic mass is 15.3. The third-order valence-corrected chi connectivity index (χ3v) is 4.72. The molecule has 2 aliphatic rings. The molecule has 0 aliphatic carbocycles. The van der Waals surface area contributed by atoms with Gasteiger partial charge in [0.2, 0.25) is 0 Å². The molecule has 0 saturated carbocycles. The van der Waals surface area contributed by atoms with Crippen molar-refractivity contribution in [1.82, 2.24) is 15.2 Å². The summed E-state index contributed by atoms with van der Waals surface area (Å²) in [4.78, 5) is 9.70. The summed E-state index contributed by atoms with van der Waals surface area (Å²) in [5, 5.41) is 3.43. The van der Waals surface area contributed by atoms with E-state index in [2.05, 4.69) is 39.2 Å². The van der Waals surface area contributed by atoms with Gasteiger partial charge >= 0.3 is 0 Å². The van der Waals surface area contributed by atoms with Crippen molar-refractivity contribution >= 4 is 5.69 Å². The van der Waals surface area contributed by atoms with Crippen LogP contribution in [-0.2, 0) is 6.54 Å². The van der Waals surface area contributed by atoms with Gasteiger partial charge in [0.25, 0.3) is 0 Å². The monoisotopic (exact) mass is 288 g/mol. The highest BCUT2D eigenvalue weighted by Gasteiger charge is 2.29. The van der Waals surface area contributed by atoms with E-state index in [9.17, 15) is 0 Å². The van der Waals surface area contributed by atoms with Crippen molar-refractivity contribution in [2.75, 3.05) is 37.6 Å². The van der Waals surface area contributed by atoms with Gasteiger partial charge in [-0.05, 0) is 57.5 Å². The molecule has 1 atom stereocenters. The second-order valence-corrected chi connectivity index (χ2v) is 6.31. The fourth-order valence-corrected chi connectivity index (χ4v) is 3.53. The molecule has 2 aliphatic heterocycles. The summed E-state index contributed by atoms with van der Waals surface area (Å²) in [6, 6.07) is 5.19. The van der Waals surface area contributed by atoms with E-state index in [0.29, 0.717) is 0 Å². The number of nitrogens with one attached hydrogen (secondary N) is 1. The number of rotatable bonds is 6. The summed E-state index contributed by atoms with van der Waals surface area (Å²) >= 11 is 0. The first-order valence-corrected chi connectivity index (χ1v) is 8.51. The van der Waals surface area contributed by atoms with Crippen LogP contribution in [0.25, 0.3) is 0 Å². The molecule has 2 saturated heterocycles. The molecule has 4 nitrogen and oxygen atoms in total. The Bertz CT molecular complexity index is 442. The van der Waals surface area contributed by atoms with Gasteiger partial charge in [-0.15, -0.1) is 0 Å². The summed E-state index contributed by atoms with van der Waals surface area (Å²) in [6.45, 7) is 9.12. The van der Waals surface area contributed by atoms with Gasteiger partial charge in [-0.1, -0.05) is 6.92 Å². The van der Waals surface area contributed by atoms with Crippen LogP contribution in [0.1, 0.15) is 38.3 Å². The first kappa shape index (κ1) is 14.8. The van der Waals surface area contributed by atoms with E-state index < -0.39 is 0 Å². The zero-order valence-electron chi connectivity index (χ0n) is 13.2. The van der Waals surface area contributed by atoms with Crippen LogP contribution in [0.5, 0.6) is 0 Å². The topological polar surface area (TPSA) is 31.4 Å². The molecule has 1 unspecified atom stereocenters.